The number of amides is 1. The first-order valence-corrected chi connectivity index (χ1v) is 6.79. The van der Waals surface area contributed by atoms with E-state index in [9.17, 15) is 9.59 Å². The Morgan fingerprint density at radius 1 is 1.25 bits per heavy atom. The number of nitrogens with one attached hydrogen (secondary N) is 2. The van der Waals surface area contributed by atoms with Gasteiger partial charge in [-0.1, -0.05) is 37.3 Å². The molecule has 0 fully saturated rings. The summed E-state index contributed by atoms with van der Waals surface area (Å²) in [4.78, 5) is 23.5. The smallest absolute Gasteiger partial charge is 0.328 e. The Balaban J connectivity index is 2.56. The van der Waals surface area contributed by atoms with Gasteiger partial charge in [0.25, 0.3) is 0 Å². The molecule has 0 aliphatic carbocycles. The van der Waals surface area contributed by atoms with Crippen molar-refractivity contribution in [1.82, 2.24) is 10.6 Å². The van der Waals surface area contributed by atoms with Gasteiger partial charge in [0.15, 0.2) is 0 Å². The number of methoxy groups -OCH3 is 1. The van der Waals surface area contributed by atoms with Crippen LogP contribution in [0.5, 0.6) is 0 Å². The zero-order valence-corrected chi connectivity index (χ0v) is 12.0. The maximum atomic E-state index is 11.8. The summed E-state index contributed by atoms with van der Waals surface area (Å²) >= 11 is 0. The third-order valence-corrected chi connectivity index (χ3v) is 2.88. The van der Waals surface area contributed by atoms with E-state index >= 15 is 0 Å². The Morgan fingerprint density at radius 2 is 1.95 bits per heavy atom. The van der Waals surface area contributed by atoms with Crippen molar-refractivity contribution in [2.75, 3.05) is 20.2 Å². The molecule has 0 spiro atoms. The predicted octanol–water partition coefficient (Wildman–Crippen LogP) is 0.886. The number of hydrogen-bond acceptors (Lipinski definition) is 4. The van der Waals surface area contributed by atoms with Crippen molar-refractivity contribution in [3.05, 3.63) is 35.9 Å². The summed E-state index contributed by atoms with van der Waals surface area (Å²) in [5, 5.41) is 5.79. The number of esters is 1. The van der Waals surface area contributed by atoms with E-state index in [4.69, 9.17) is 4.74 Å². The molecule has 5 heteroatoms. The van der Waals surface area contributed by atoms with E-state index in [2.05, 4.69) is 10.6 Å². The van der Waals surface area contributed by atoms with Crippen LogP contribution >= 0.6 is 0 Å². The van der Waals surface area contributed by atoms with E-state index in [0.717, 1.165) is 12.1 Å². The van der Waals surface area contributed by atoms with Crippen molar-refractivity contribution in [2.24, 2.45) is 0 Å². The highest BCUT2D eigenvalue weighted by Crippen LogP contribution is 2.04. The van der Waals surface area contributed by atoms with Gasteiger partial charge in [0.1, 0.15) is 6.04 Å². The largest absolute Gasteiger partial charge is 0.467 e. The molecule has 1 amide bonds. The summed E-state index contributed by atoms with van der Waals surface area (Å²) < 4.78 is 4.74. The average molecular weight is 278 g/mol. The fourth-order valence-corrected chi connectivity index (χ4v) is 1.83. The molecule has 110 valence electrons. The van der Waals surface area contributed by atoms with E-state index in [1.165, 1.54) is 7.11 Å². The SMILES string of the molecule is CCNCCC(=O)NC(Cc1ccccc1)C(=O)OC. The first-order chi connectivity index (χ1) is 9.67. The monoisotopic (exact) mass is 278 g/mol. The van der Waals surface area contributed by atoms with E-state index < -0.39 is 12.0 Å². The Labute approximate surface area is 119 Å². The summed E-state index contributed by atoms with van der Waals surface area (Å²) in [5.74, 6) is -0.581. The summed E-state index contributed by atoms with van der Waals surface area (Å²) in [5.41, 5.74) is 0.981. The normalized spacial score (nSPS) is 11.7. The molecule has 0 radical (unpaired) electrons. The van der Waals surface area contributed by atoms with Crippen LogP contribution in [-0.2, 0) is 20.7 Å². The first kappa shape index (κ1) is 16.2. The lowest BCUT2D eigenvalue weighted by molar-refractivity contribution is -0.145. The van der Waals surface area contributed by atoms with Crippen LogP contribution in [0.25, 0.3) is 0 Å². The predicted molar refractivity (Wildman–Crippen MR) is 77.3 cm³/mol. The number of rotatable bonds is 8. The zero-order valence-electron chi connectivity index (χ0n) is 12.0. The van der Waals surface area contributed by atoms with Gasteiger partial charge in [-0.2, -0.15) is 0 Å². The number of ether oxygens (including phenoxy) is 1. The lowest BCUT2D eigenvalue weighted by Gasteiger charge is -2.16. The minimum atomic E-state index is -0.642. The average Bonchev–Trinajstić information content (AvgIpc) is 2.47. The lowest BCUT2D eigenvalue weighted by atomic mass is 10.1. The second-order valence-corrected chi connectivity index (χ2v) is 4.44. The number of hydrogen-bond donors (Lipinski definition) is 2. The van der Waals surface area contributed by atoms with Crippen LogP contribution in [-0.4, -0.2) is 38.1 Å². The highest BCUT2D eigenvalue weighted by molar-refractivity contribution is 5.84. The van der Waals surface area contributed by atoms with E-state index in [1.807, 2.05) is 37.3 Å². The van der Waals surface area contributed by atoms with E-state index in [0.29, 0.717) is 19.4 Å². The fourth-order valence-electron chi connectivity index (χ4n) is 1.83. The molecule has 1 aromatic carbocycles. The Hall–Kier alpha value is -1.88. The van der Waals surface area contributed by atoms with Crippen LogP contribution in [0.4, 0.5) is 0 Å². The molecular formula is C15H22N2O3. The van der Waals surface area contributed by atoms with Gasteiger partial charge in [-0.05, 0) is 12.1 Å². The number of carbonyl (C=O) groups is 2. The first-order valence-electron chi connectivity index (χ1n) is 6.79. The molecule has 2 N–H and O–H groups in total. The van der Waals surface area contributed by atoms with Gasteiger partial charge in [0.05, 0.1) is 7.11 Å². The van der Waals surface area contributed by atoms with Crippen molar-refractivity contribution in [3.8, 4) is 0 Å². The molecule has 1 rings (SSSR count). The third kappa shape index (κ3) is 5.84. The minimum absolute atomic E-state index is 0.155. The van der Waals surface area contributed by atoms with E-state index in [-0.39, 0.29) is 5.91 Å². The number of benzene rings is 1. The molecule has 0 aromatic heterocycles. The van der Waals surface area contributed by atoms with Crippen LogP contribution in [0.2, 0.25) is 0 Å². The van der Waals surface area contributed by atoms with Crippen molar-refractivity contribution < 1.29 is 14.3 Å². The fraction of sp³-hybridized carbons (Fsp3) is 0.467. The van der Waals surface area contributed by atoms with E-state index in [1.54, 1.807) is 0 Å². The van der Waals surface area contributed by atoms with Gasteiger partial charge in [0.2, 0.25) is 5.91 Å². The maximum absolute atomic E-state index is 11.8. The highest BCUT2D eigenvalue weighted by atomic mass is 16.5. The Kier molecular flexibility index (Phi) is 7.35. The van der Waals surface area contributed by atoms with Gasteiger partial charge in [0, 0.05) is 19.4 Å². The molecule has 0 aliphatic rings. The molecule has 0 aliphatic heterocycles. The number of carbonyl (C=O) groups excluding carboxylic acids is 2. The molecule has 0 heterocycles. The summed E-state index contributed by atoms with van der Waals surface area (Å²) in [6, 6.07) is 8.90. The summed E-state index contributed by atoms with van der Waals surface area (Å²) in [6.07, 6.45) is 0.774. The molecule has 0 bridgehead atoms. The molecule has 0 saturated carbocycles. The molecule has 1 atom stereocenters. The van der Waals surface area contributed by atoms with Gasteiger partial charge < -0.3 is 15.4 Å². The summed E-state index contributed by atoms with van der Waals surface area (Å²) in [7, 11) is 1.32. The molecule has 5 nitrogen and oxygen atoms in total. The zero-order chi connectivity index (χ0) is 14.8. The Bertz CT molecular complexity index is 420. The van der Waals surface area contributed by atoms with Gasteiger partial charge in [-0.3, -0.25) is 4.79 Å². The van der Waals surface area contributed by atoms with Gasteiger partial charge in [-0.25, -0.2) is 4.79 Å². The molecule has 1 unspecified atom stereocenters. The lowest BCUT2D eigenvalue weighted by Crippen LogP contribution is -2.43. The van der Waals surface area contributed by atoms with Crippen LogP contribution < -0.4 is 10.6 Å². The second-order valence-electron chi connectivity index (χ2n) is 4.44. The maximum Gasteiger partial charge on any atom is 0.328 e. The van der Waals surface area contributed by atoms with Crippen molar-refractivity contribution >= 4 is 11.9 Å². The molecule has 1 aromatic rings. The quantitative estimate of drug-likeness (QED) is 0.547. The van der Waals surface area contributed by atoms with Gasteiger partial charge >= 0.3 is 5.97 Å². The van der Waals surface area contributed by atoms with Crippen molar-refractivity contribution in [3.63, 3.8) is 0 Å². The third-order valence-electron chi connectivity index (χ3n) is 2.88. The highest BCUT2D eigenvalue weighted by Gasteiger charge is 2.21. The van der Waals surface area contributed by atoms with Crippen LogP contribution in [0.15, 0.2) is 30.3 Å². The minimum Gasteiger partial charge on any atom is -0.467 e. The van der Waals surface area contributed by atoms with Crippen molar-refractivity contribution in [1.29, 1.82) is 0 Å². The van der Waals surface area contributed by atoms with Crippen LogP contribution in [0, 0.1) is 0 Å². The Morgan fingerprint density at radius 3 is 2.55 bits per heavy atom. The molecule has 0 saturated heterocycles. The van der Waals surface area contributed by atoms with Gasteiger partial charge in [-0.15, -0.1) is 0 Å². The summed E-state index contributed by atoms with van der Waals surface area (Å²) in [6.45, 7) is 3.39. The molecule has 20 heavy (non-hydrogen) atoms. The van der Waals surface area contributed by atoms with Crippen LogP contribution in [0.1, 0.15) is 18.9 Å². The second kappa shape index (κ2) is 9.09. The standard InChI is InChI=1S/C15H22N2O3/c1-3-16-10-9-14(18)17-13(15(19)20-2)11-12-7-5-4-6-8-12/h4-8,13,16H,3,9-11H2,1-2H3,(H,17,18). The van der Waals surface area contributed by atoms with Crippen LogP contribution in [0.3, 0.4) is 0 Å². The molecular weight excluding hydrogens is 256 g/mol. The topological polar surface area (TPSA) is 67.4 Å². The van der Waals surface area contributed by atoms with Crippen molar-refractivity contribution in [2.45, 2.75) is 25.8 Å².